The SMILES string of the molecule is Cc1ccc(C(=O)c2ccccc2C(=O)N(CCO)Cc2ccccc2)cc1. The van der Waals surface area contributed by atoms with Crippen LogP contribution in [0.3, 0.4) is 0 Å². The molecule has 3 rings (SSSR count). The number of carbonyl (C=O) groups excluding carboxylic acids is 2. The van der Waals surface area contributed by atoms with Crippen molar-refractivity contribution in [3.8, 4) is 0 Å². The van der Waals surface area contributed by atoms with E-state index in [9.17, 15) is 14.7 Å². The highest BCUT2D eigenvalue weighted by molar-refractivity contribution is 6.15. The predicted octanol–water partition coefficient (Wildman–Crippen LogP) is 3.86. The minimum absolute atomic E-state index is 0.146. The van der Waals surface area contributed by atoms with Gasteiger partial charge in [-0.15, -0.1) is 0 Å². The fourth-order valence-electron chi connectivity index (χ4n) is 3.08. The Kier molecular flexibility index (Phi) is 6.35. The van der Waals surface area contributed by atoms with Gasteiger partial charge in [-0.25, -0.2) is 0 Å². The number of aliphatic hydroxyl groups excluding tert-OH is 1. The van der Waals surface area contributed by atoms with Gasteiger partial charge >= 0.3 is 0 Å². The van der Waals surface area contributed by atoms with Crippen LogP contribution in [0.4, 0.5) is 0 Å². The lowest BCUT2D eigenvalue weighted by atomic mass is 9.97. The first-order chi connectivity index (χ1) is 13.6. The molecule has 3 aromatic rings. The molecule has 3 aromatic carbocycles. The molecule has 0 bridgehead atoms. The van der Waals surface area contributed by atoms with Gasteiger partial charge < -0.3 is 10.0 Å². The number of amides is 1. The molecule has 4 heteroatoms. The maximum absolute atomic E-state index is 13.2. The molecule has 0 atom stereocenters. The van der Waals surface area contributed by atoms with Crippen LogP contribution in [0.15, 0.2) is 78.9 Å². The van der Waals surface area contributed by atoms with Gasteiger partial charge in [-0.2, -0.15) is 0 Å². The standard InChI is InChI=1S/C24H23NO3/c1-18-11-13-20(14-12-18)23(27)21-9-5-6-10-22(21)24(28)25(15-16-26)17-19-7-3-2-4-8-19/h2-14,26H,15-17H2,1H3. The summed E-state index contributed by atoms with van der Waals surface area (Å²) in [6, 6.07) is 23.7. The Bertz CT molecular complexity index is 949. The lowest BCUT2D eigenvalue weighted by Gasteiger charge is -2.23. The van der Waals surface area contributed by atoms with Gasteiger partial charge in [0.05, 0.1) is 12.2 Å². The monoisotopic (exact) mass is 373 g/mol. The van der Waals surface area contributed by atoms with Crippen molar-refractivity contribution in [3.63, 3.8) is 0 Å². The third kappa shape index (κ3) is 4.53. The van der Waals surface area contributed by atoms with Crippen molar-refractivity contribution >= 4 is 11.7 Å². The molecule has 0 saturated carbocycles. The summed E-state index contributed by atoms with van der Waals surface area (Å²) in [6.45, 7) is 2.38. The van der Waals surface area contributed by atoms with Gasteiger partial charge in [0.15, 0.2) is 5.78 Å². The Labute approximate surface area is 165 Å². The highest BCUT2D eigenvalue weighted by Gasteiger charge is 2.22. The normalized spacial score (nSPS) is 10.5. The molecule has 0 unspecified atom stereocenters. The van der Waals surface area contributed by atoms with Crippen LogP contribution in [-0.2, 0) is 6.54 Å². The maximum Gasteiger partial charge on any atom is 0.254 e. The van der Waals surface area contributed by atoms with Gasteiger partial charge in [0.1, 0.15) is 0 Å². The van der Waals surface area contributed by atoms with E-state index in [0.717, 1.165) is 11.1 Å². The molecule has 0 aliphatic carbocycles. The Morgan fingerprint density at radius 3 is 2.07 bits per heavy atom. The quantitative estimate of drug-likeness (QED) is 0.640. The van der Waals surface area contributed by atoms with Crippen LogP contribution >= 0.6 is 0 Å². The molecular formula is C24H23NO3. The van der Waals surface area contributed by atoms with Gasteiger partial charge in [-0.05, 0) is 18.6 Å². The Hall–Kier alpha value is -3.24. The lowest BCUT2D eigenvalue weighted by molar-refractivity contribution is 0.0704. The summed E-state index contributed by atoms with van der Waals surface area (Å²) in [5.74, 6) is -0.457. The summed E-state index contributed by atoms with van der Waals surface area (Å²) in [4.78, 5) is 27.8. The first-order valence-electron chi connectivity index (χ1n) is 9.24. The number of rotatable bonds is 7. The van der Waals surface area contributed by atoms with Crippen molar-refractivity contribution in [2.24, 2.45) is 0 Å². The van der Waals surface area contributed by atoms with Crippen LogP contribution in [0, 0.1) is 6.92 Å². The molecule has 0 radical (unpaired) electrons. The number of ketones is 1. The van der Waals surface area contributed by atoms with E-state index in [1.807, 2.05) is 49.4 Å². The number of carbonyl (C=O) groups is 2. The summed E-state index contributed by atoms with van der Waals surface area (Å²) in [6.07, 6.45) is 0. The highest BCUT2D eigenvalue weighted by Crippen LogP contribution is 2.18. The molecule has 0 saturated heterocycles. The molecule has 142 valence electrons. The zero-order valence-corrected chi connectivity index (χ0v) is 15.8. The van der Waals surface area contributed by atoms with Crippen LogP contribution in [0.5, 0.6) is 0 Å². The van der Waals surface area contributed by atoms with Gasteiger partial charge in [0.2, 0.25) is 0 Å². The minimum atomic E-state index is -0.269. The molecule has 0 aromatic heterocycles. The highest BCUT2D eigenvalue weighted by atomic mass is 16.3. The topological polar surface area (TPSA) is 57.6 Å². The van der Waals surface area contributed by atoms with Gasteiger partial charge in [0, 0.05) is 24.2 Å². The molecule has 1 N–H and O–H groups in total. The van der Waals surface area contributed by atoms with E-state index in [1.54, 1.807) is 41.3 Å². The van der Waals surface area contributed by atoms with Crippen LogP contribution in [0.25, 0.3) is 0 Å². The Balaban J connectivity index is 1.92. The zero-order chi connectivity index (χ0) is 19.9. The number of hydrogen-bond donors (Lipinski definition) is 1. The number of nitrogens with zero attached hydrogens (tertiary/aromatic N) is 1. The van der Waals surface area contributed by atoms with E-state index in [2.05, 4.69) is 0 Å². The molecular weight excluding hydrogens is 350 g/mol. The lowest BCUT2D eigenvalue weighted by Crippen LogP contribution is -2.34. The van der Waals surface area contributed by atoms with E-state index >= 15 is 0 Å². The van der Waals surface area contributed by atoms with E-state index in [0.29, 0.717) is 23.2 Å². The number of benzene rings is 3. The van der Waals surface area contributed by atoms with Crippen molar-refractivity contribution in [3.05, 3.63) is 107 Å². The molecule has 1 amide bonds. The van der Waals surface area contributed by atoms with Crippen LogP contribution < -0.4 is 0 Å². The number of aryl methyl sites for hydroxylation is 1. The molecule has 0 aliphatic heterocycles. The largest absolute Gasteiger partial charge is 0.395 e. The second kappa shape index (κ2) is 9.11. The van der Waals surface area contributed by atoms with Gasteiger partial charge in [-0.3, -0.25) is 9.59 Å². The third-order valence-electron chi connectivity index (χ3n) is 4.59. The van der Waals surface area contributed by atoms with Gasteiger partial charge in [0.25, 0.3) is 5.91 Å². The van der Waals surface area contributed by atoms with E-state index in [-0.39, 0.29) is 24.8 Å². The molecule has 28 heavy (non-hydrogen) atoms. The average Bonchev–Trinajstić information content (AvgIpc) is 2.74. The molecule has 0 heterocycles. The zero-order valence-electron chi connectivity index (χ0n) is 15.8. The van der Waals surface area contributed by atoms with Crippen molar-refractivity contribution < 1.29 is 14.7 Å². The first-order valence-corrected chi connectivity index (χ1v) is 9.24. The maximum atomic E-state index is 13.2. The predicted molar refractivity (Wildman–Crippen MR) is 109 cm³/mol. The van der Waals surface area contributed by atoms with E-state index in [1.165, 1.54) is 0 Å². The summed E-state index contributed by atoms with van der Waals surface area (Å²) in [5, 5.41) is 9.43. The summed E-state index contributed by atoms with van der Waals surface area (Å²) in [5.41, 5.74) is 3.29. The van der Waals surface area contributed by atoms with E-state index < -0.39 is 0 Å². The Morgan fingerprint density at radius 1 is 0.821 bits per heavy atom. The molecule has 4 nitrogen and oxygen atoms in total. The fourth-order valence-corrected chi connectivity index (χ4v) is 3.08. The van der Waals surface area contributed by atoms with Crippen molar-refractivity contribution in [1.29, 1.82) is 0 Å². The second-order valence-electron chi connectivity index (χ2n) is 6.68. The summed E-state index contributed by atoms with van der Waals surface area (Å²) < 4.78 is 0. The second-order valence-corrected chi connectivity index (χ2v) is 6.68. The molecule has 0 fully saturated rings. The molecule has 0 aliphatic rings. The first kappa shape index (κ1) is 19.5. The van der Waals surface area contributed by atoms with Crippen LogP contribution in [0.1, 0.15) is 37.4 Å². The third-order valence-corrected chi connectivity index (χ3v) is 4.59. The fraction of sp³-hybridized carbons (Fsp3) is 0.167. The van der Waals surface area contributed by atoms with Gasteiger partial charge in [-0.1, -0.05) is 78.4 Å². The molecule has 0 spiro atoms. The number of hydrogen-bond acceptors (Lipinski definition) is 3. The Morgan fingerprint density at radius 2 is 1.43 bits per heavy atom. The summed E-state index contributed by atoms with van der Waals surface area (Å²) >= 11 is 0. The summed E-state index contributed by atoms with van der Waals surface area (Å²) in [7, 11) is 0. The smallest absolute Gasteiger partial charge is 0.254 e. The minimum Gasteiger partial charge on any atom is -0.395 e. The average molecular weight is 373 g/mol. The van der Waals surface area contributed by atoms with Crippen LogP contribution in [-0.4, -0.2) is 34.8 Å². The number of aliphatic hydroxyl groups is 1. The van der Waals surface area contributed by atoms with Crippen molar-refractivity contribution in [2.75, 3.05) is 13.2 Å². The van der Waals surface area contributed by atoms with Crippen molar-refractivity contribution in [2.45, 2.75) is 13.5 Å². The van der Waals surface area contributed by atoms with Crippen molar-refractivity contribution in [1.82, 2.24) is 4.90 Å². The van der Waals surface area contributed by atoms with E-state index in [4.69, 9.17) is 0 Å². The van der Waals surface area contributed by atoms with Crippen LogP contribution in [0.2, 0.25) is 0 Å².